The first-order valence-electron chi connectivity index (χ1n) is 9.28. The quantitative estimate of drug-likeness (QED) is 0.759. The first kappa shape index (κ1) is 18.0. The van der Waals surface area contributed by atoms with Crippen LogP contribution in [0.15, 0.2) is 49.3 Å². The van der Waals surface area contributed by atoms with Crippen LogP contribution in [0.4, 0.5) is 16.3 Å². The number of aryl methyl sites for hydroxylation is 2. The van der Waals surface area contributed by atoms with E-state index in [2.05, 4.69) is 31.2 Å². The Bertz CT molecular complexity index is 942. The van der Waals surface area contributed by atoms with Gasteiger partial charge in [-0.25, -0.2) is 19.7 Å². The van der Waals surface area contributed by atoms with Crippen LogP contribution in [0.25, 0.3) is 5.82 Å². The van der Waals surface area contributed by atoms with Gasteiger partial charge in [0.1, 0.15) is 24.3 Å². The van der Waals surface area contributed by atoms with E-state index in [9.17, 15) is 4.79 Å². The molecule has 0 bridgehead atoms. The fourth-order valence-corrected chi connectivity index (χ4v) is 3.43. The van der Waals surface area contributed by atoms with Crippen molar-refractivity contribution in [3.05, 3.63) is 60.4 Å². The Labute approximate surface area is 163 Å². The second kappa shape index (κ2) is 7.67. The van der Waals surface area contributed by atoms with Crippen LogP contribution in [0.1, 0.15) is 11.1 Å². The van der Waals surface area contributed by atoms with Crippen molar-refractivity contribution in [2.75, 3.05) is 36.4 Å². The van der Waals surface area contributed by atoms with Gasteiger partial charge < -0.3 is 15.1 Å². The number of piperazine rings is 1. The Hall–Kier alpha value is -3.42. The lowest BCUT2D eigenvalue weighted by Gasteiger charge is -2.35. The molecule has 2 amide bonds. The van der Waals surface area contributed by atoms with Crippen molar-refractivity contribution in [2.45, 2.75) is 13.8 Å². The number of carbonyl (C=O) groups is 1. The number of aromatic nitrogens is 4. The zero-order valence-electron chi connectivity index (χ0n) is 16.0. The topological polar surface area (TPSA) is 79.2 Å². The van der Waals surface area contributed by atoms with Crippen LogP contribution in [-0.2, 0) is 0 Å². The monoisotopic (exact) mass is 377 g/mol. The molecule has 0 aliphatic carbocycles. The number of urea groups is 1. The molecule has 3 heterocycles. The molecule has 0 unspecified atom stereocenters. The number of imidazole rings is 1. The Balaban J connectivity index is 1.38. The lowest BCUT2D eigenvalue weighted by atomic mass is 10.1. The molecule has 1 fully saturated rings. The van der Waals surface area contributed by atoms with Crippen LogP contribution in [0.3, 0.4) is 0 Å². The van der Waals surface area contributed by atoms with Crippen LogP contribution >= 0.6 is 0 Å². The number of hydrogen-bond acceptors (Lipinski definition) is 5. The van der Waals surface area contributed by atoms with Gasteiger partial charge in [-0.05, 0) is 37.1 Å². The molecule has 1 aliphatic heterocycles. The molecule has 0 saturated carbocycles. The summed E-state index contributed by atoms with van der Waals surface area (Å²) in [6, 6.07) is 7.94. The Morgan fingerprint density at radius 3 is 2.36 bits per heavy atom. The SMILES string of the molecule is Cc1cc(C)cc(NC(=O)N2CCN(c3cc(-n4ccnc4)ncn3)CC2)c1. The van der Waals surface area contributed by atoms with Gasteiger partial charge in [-0.2, -0.15) is 0 Å². The lowest BCUT2D eigenvalue weighted by molar-refractivity contribution is 0.208. The van der Waals surface area contributed by atoms with Crippen molar-refractivity contribution in [3.8, 4) is 5.82 Å². The molecule has 1 N–H and O–H groups in total. The third-order valence-corrected chi connectivity index (χ3v) is 4.77. The van der Waals surface area contributed by atoms with Crippen LogP contribution in [0, 0.1) is 13.8 Å². The van der Waals surface area contributed by atoms with E-state index in [0.29, 0.717) is 13.1 Å². The molecule has 144 valence electrons. The number of amides is 2. The largest absolute Gasteiger partial charge is 0.353 e. The minimum absolute atomic E-state index is 0.0635. The number of nitrogens with one attached hydrogen (secondary N) is 1. The van der Waals surface area contributed by atoms with Crippen LogP contribution < -0.4 is 10.2 Å². The summed E-state index contributed by atoms with van der Waals surface area (Å²) in [5.41, 5.74) is 3.11. The van der Waals surface area contributed by atoms with Crippen LogP contribution in [0.2, 0.25) is 0 Å². The predicted octanol–water partition coefficient (Wildman–Crippen LogP) is 2.63. The molecule has 1 saturated heterocycles. The maximum Gasteiger partial charge on any atom is 0.321 e. The fraction of sp³-hybridized carbons (Fsp3) is 0.300. The van der Waals surface area contributed by atoms with Gasteiger partial charge >= 0.3 is 6.03 Å². The predicted molar refractivity (Wildman–Crippen MR) is 108 cm³/mol. The summed E-state index contributed by atoms with van der Waals surface area (Å²) in [7, 11) is 0. The average molecular weight is 377 g/mol. The normalized spacial score (nSPS) is 14.2. The summed E-state index contributed by atoms with van der Waals surface area (Å²) in [5, 5.41) is 3.01. The van der Waals surface area contributed by atoms with Crippen molar-refractivity contribution in [2.24, 2.45) is 0 Å². The summed E-state index contributed by atoms with van der Waals surface area (Å²) in [4.78, 5) is 29.3. The highest BCUT2D eigenvalue weighted by atomic mass is 16.2. The van der Waals surface area contributed by atoms with Crippen LogP contribution in [0.5, 0.6) is 0 Å². The summed E-state index contributed by atoms with van der Waals surface area (Å²) >= 11 is 0. The third-order valence-electron chi connectivity index (χ3n) is 4.77. The summed E-state index contributed by atoms with van der Waals surface area (Å²) in [5.74, 6) is 1.63. The third kappa shape index (κ3) is 3.95. The van der Waals surface area contributed by atoms with Gasteiger partial charge in [0.05, 0.1) is 0 Å². The van der Waals surface area contributed by atoms with E-state index < -0.39 is 0 Å². The molecule has 0 radical (unpaired) electrons. The van der Waals surface area contributed by atoms with E-state index in [4.69, 9.17) is 0 Å². The van der Waals surface area contributed by atoms with E-state index in [-0.39, 0.29) is 6.03 Å². The summed E-state index contributed by atoms with van der Waals surface area (Å²) in [6.45, 7) is 6.78. The van der Waals surface area contributed by atoms with Gasteiger partial charge in [0, 0.05) is 50.3 Å². The van der Waals surface area contributed by atoms with Crippen molar-refractivity contribution in [3.63, 3.8) is 0 Å². The molecule has 2 aromatic heterocycles. The molecule has 1 aliphatic rings. The highest BCUT2D eigenvalue weighted by Gasteiger charge is 2.22. The van der Waals surface area contributed by atoms with Crippen molar-refractivity contribution in [1.82, 2.24) is 24.4 Å². The highest BCUT2D eigenvalue weighted by molar-refractivity contribution is 5.89. The second-order valence-electron chi connectivity index (χ2n) is 6.98. The van der Waals surface area contributed by atoms with Crippen LogP contribution in [-0.4, -0.2) is 56.6 Å². The Kier molecular flexibility index (Phi) is 4.92. The number of rotatable bonds is 3. The minimum Gasteiger partial charge on any atom is -0.353 e. The van der Waals surface area contributed by atoms with Crippen molar-refractivity contribution >= 4 is 17.5 Å². The fourth-order valence-electron chi connectivity index (χ4n) is 3.43. The molecule has 28 heavy (non-hydrogen) atoms. The van der Waals surface area contributed by atoms with Crippen molar-refractivity contribution in [1.29, 1.82) is 0 Å². The van der Waals surface area contributed by atoms with E-state index in [0.717, 1.165) is 41.5 Å². The van der Waals surface area contributed by atoms with E-state index in [1.807, 2.05) is 47.7 Å². The second-order valence-corrected chi connectivity index (χ2v) is 6.98. The highest BCUT2D eigenvalue weighted by Crippen LogP contribution is 2.18. The smallest absolute Gasteiger partial charge is 0.321 e. The maximum absolute atomic E-state index is 12.6. The Morgan fingerprint density at radius 1 is 0.964 bits per heavy atom. The van der Waals surface area contributed by atoms with Crippen molar-refractivity contribution < 1.29 is 4.79 Å². The number of nitrogens with zero attached hydrogens (tertiary/aromatic N) is 6. The molecule has 4 rings (SSSR count). The number of carbonyl (C=O) groups excluding carboxylic acids is 1. The number of benzene rings is 1. The number of hydrogen-bond donors (Lipinski definition) is 1. The van der Waals surface area contributed by atoms with Gasteiger partial charge in [0.2, 0.25) is 0 Å². The molecule has 0 spiro atoms. The Morgan fingerprint density at radius 2 is 1.68 bits per heavy atom. The summed E-state index contributed by atoms with van der Waals surface area (Å²) in [6.07, 6.45) is 6.83. The molecular weight excluding hydrogens is 354 g/mol. The lowest BCUT2D eigenvalue weighted by Crippen LogP contribution is -2.50. The first-order valence-corrected chi connectivity index (χ1v) is 9.28. The van der Waals surface area contributed by atoms with E-state index in [1.54, 1.807) is 18.9 Å². The van der Waals surface area contributed by atoms with E-state index in [1.165, 1.54) is 0 Å². The molecular formula is C20H23N7O. The minimum atomic E-state index is -0.0635. The zero-order chi connectivity index (χ0) is 19.5. The number of anilines is 2. The standard InChI is InChI=1S/C20H23N7O/c1-15-9-16(2)11-17(10-15)24-20(28)26-7-5-25(6-8-26)18-12-19(23-13-22-18)27-4-3-21-14-27/h3-4,9-14H,5-8H2,1-2H3,(H,24,28). The van der Waals surface area contributed by atoms with Gasteiger partial charge in [0.15, 0.2) is 0 Å². The van der Waals surface area contributed by atoms with Gasteiger partial charge in [-0.1, -0.05) is 6.07 Å². The summed E-state index contributed by atoms with van der Waals surface area (Å²) < 4.78 is 1.85. The molecule has 3 aromatic rings. The molecule has 8 nitrogen and oxygen atoms in total. The first-order chi connectivity index (χ1) is 13.6. The van der Waals surface area contributed by atoms with E-state index >= 15 is 0 Å². The zero-order valence-corrected chi connectivity index (χ0v) is 16.0. The molecule has 0 atom stereocenters. The molecule has 1 aromatic carbocycles. The average Bonchev–Trinajstić information content (AvgIpc) is 3.22. The van der Waals surface area contributed by atoms with Gasteiger partial charge in [-0.3, -0.25) is 4.57 Å². The molecule has 8 heteroatoms. The van der Waals surface area contributed by atoms with Gasteiger partial charge in [0.25, 0.3) is 0 Å². The maximum atomic E-state index is 12.6. The van der Waals surface area contributed by atoms with Gasteiger partial charge in [-0.15, -0.1) is 0 Å².